The van der Waals surface area contributed by atoms with Gasteiger partial charge in [-0.2, -0.15) is 0 Å². The van der Waals surface area contributed by atoms with E-state index in [9.17, 15) is 4.79 Å². The summed E-state index contributed by atoms with van der Waals surface area (Å²) in [6.07, 6.45) is 4.61. The highest BCUT2D eigenvalue weighted by molar-refractivity contribution is 5.97. The Balaban J connectivity index is 1.77. The van der Waals surface area contributed by atoms with Gasteiger partial charge in [0.15, 0.2) is 5.78 Å². The molecule has 0 atom stereocenters. The molecule has 104 valence electrons. The number of nitrogens with one attached hydrogen (secondary N) is 1. The van der Waals surface area contributed by atoms with Crippen molar-refractivity contribution in [1.29, 1.82) is 0 Å². The van der Waals surface area contributed by atoms with E-state index in [0.717, 1.165) is 31.5 Å². The molecule has 0 bridgehead atoms. The van der Waals surface area contributed by atoms with Gasteiger partial charge in [-0.1, -0.05) is 12.1 Å². The molecule has 0 spiro atoms. The molecule has 19 heavy (non-hydrogen) atoms. The van der Waals surface area contributed by atoms with Gasteiger partial charge in [0.05, 0.1) is 6.54 Å². The topological polar surface area (TPSA) is 32.3 Å². The van der Waals surface area contributed by atoms with Crippen LogP contribution in [0.25, 0.3) is 0 Å². The Bertz CT molecular complexity index is 440. The minimum Gasteiger partial charge on any atom is -0.310 e. The lowest BCUT2D eigenvalue weighted by Crippen LogP contribution is -2.26. The first kappa shape index (κ1) is 14.2. The van der Waals surface area contributed by atoms with E-state index in [1.165, 1.54) is 24.0 Å². The highest BCUT2D eigenvalue weighted by atomic mass is 16.1. The van der Waals surface area contributed by atoms with Gasteiger partial charge in [0, 0.05) is 5.56 Å². The van der Waals surface area contributed by atoms with Crippen molar-refractivity contribution in [3.05, 3.63) is 34.9 Å². The number of ketones is 1. The average molecular weight is 260 g/mol. The second-order valence-electron chi connectivity index (χ2n) is 5.59. The summed E-state index contributed by atoms with van der Waals surface area (Å²) in [5.41, 5.74) is 3.66. The third kappa shape index (κ3) is 4.15. The fourth-order valence-electron chi connectivity index (χ4n) is 2.57. The quantitative estimate of drug-likeness (QED) is 0.600. The molecule has 1 N–H and O–H groups in total. The summed E-state index contributed by atoms with van der Waals surface area (Å²) < 4.78 is 0. The van der Waals surface area contributed by atoms with E-state index in [1.807, 2.05) is 6.07 Å². The second-order valence-corrected chi connectivity index (χ2v) is 5.59. The van der Waals surface area contributed by atoms with E-state index >= 15 is 0 Å². The lowest BCUT2D eigenvalue weighted by Gasteiger charge is -2.09. The van der Waals surface area contributed by atoms with Crippen molar-refractivity contribution >= 4 is 5.78 Å². The molecule has 0 fully saturated rings. The summed E-state index contributed by atoms with van der Waals surface area (Å²) in [6.45, 7) is 2.40. The van der Waals surface area contributed by atoms with Crippen molar-refractivity contribution in [2.24, 2.45) is 0 Å². The predicted octanol–water partition coefficient (Wildman–Crippen LogP) is 1.90. The highest BCUT2D eigenvalue weighted by Crippen LogP contribution is 2.22. The van der Waals surface area contributed by atoms with Crippen LogP contribution in [0.3, 0.4) is 0 Å². The summed E-state index contributed by atoms with van der Waals surface area (Å²) in [7, 11) is 4.13. The van der Waals surface area contributed by atoms with Gasteiger partial charge in [-0.15, -0.1) is 0 Å². The zero-order chi connectivity index (χ0) is 13.7. The van der Waals surface area contributed by atoms with E-state index in [2.05, 4.69) is 36.4 Å². The molecule has 0 aromatic heterocycles. The van der Waals surface area contributed by atoms with Crippen LogP contribution in [0.1, 0.15) is 34.3 Å². The molecule has 0 aliphatic heterocycles. The van der Waals surface area contributed by atoms with Gasteiger partial charge in [0.2, 0.25) is 0 Å². The Labute approximate surface area is 116 Å². The summed E-state index contributed by atoms with van der Waals surface area (Å²) in [6, 6.07) is 6.20. The second kappa shape index (κ2) is 6.83. The maximum atomic E-state index is 12.1. The number of fused-ring (bicyclic) bond motifs is 1. The van der Waals surface area contributed by atoms with Gasteiger partial charge < -0.3 is 10.2 Å². The maximum absolute atomic E-state index is 12.1. The van der Waals surface area contributed by atoms with Crippen LogP contribution < -0.4 is 5.32 Å². The molecule has 0 heterocycles. The van der Waals surface area contributed by atoms with Crippen LogP contribution in [-0.4, -0.2) is 44.4 Å². The van der Waals surface area contributed by atoms with Gasteiger partial charge in [-0.3, -0.25) is 4.79 Å². The van der Waals surface area contributed by atoms with Crippen LogP contribution in [0, 0.1) is 0 Å². The Hall–Kier alpha value is -1.19. The van der Waals surface area contributed by atoms with Crippen LogP contribution in [0.5, 0.6) is 0 Å². The van der Waals surface area contributed by atoms with Gasteiger partial charge in [0.25, 0.3) is 0 Å². The molecule has 1 aromatic carbocycles. The molecule has 3 nitrogen and oxygen atoms in total. The van der Waals surface area contributed by atoms with E-state index in [4.69, 9.17) is 0 Å². The van der Waals surface area contributed by atoms with Crippen molar-refractivity contribution < 1.29 is 4.79 Å². The number of Topliss-reactive ketones (excluding diaryl/α,β-unsaturated/α-hetero) is 1. The first-order valence-electron chi connectivity index (χ1n) is 7.17. The summed E-state index contributed by atoms with van der Waals surface area (Å²) in [5.74, 6) is 0.208. The van der Waals surface area contributed by atoms with Gasteiger partial charge in [-0.25, -0.2) is 0 Å². The molecule has 3 heteroatoms. The lowest BCUT2D eigenvalue weighted by atomic mass is 10.0. The molecule has 1 aliphatic carbocycles. The highest BCUT2D eigenvalue weighted by Gasteiger charge is 2.13. The smallest absolute Gasteiger partial charge is 0.176 e. The summed E-state index contributed by atoms with van der Waals surface area (Å²) >= 11 is 0. The zero-order valence-corrected chi connectivity index (χ0v) is 12.0. The molecular formula is C16H24N2O. The molecule has 0 saturated carbocycles. The van der Waals surface area contributed by atoms with Gasteiger partial charge in [-0.05, 0) is 70.1 Å². The number of hydrogen-bond donors (Lipinski definition) is 1. The third-order valence-electron chi connectivity index (χ3n) is 3.66. The molecule has 0 saturated heterocycles. The summed E-state index contributed by atoms with van der Waals surface area (Å²) in [4.78, 5) is 14.2. The first-order chi connectivity index (χ1) is 9.16. The fourth-order valence-corrected chi connectivity index (χ4v) is 2.57. The van der Waals surface area contributed by atoms with Crippen molar-refractivity contribution in [1.82, 2.24) is 10.2 Å². The van der Waals surface area contributed by atoms with Crippen molar-refractivity contribution in [3.8, 4) is 0 Å². The Kier molecular flexibility index (Phi) is 5.11. The molecule has 0 unspecified atom stereocenters. The minimum atomic E-state index is 0.208. The van der Waals surface area contributed by atoms with E-state index < -0.39 is 0 Å². The molecule has 1 aromatic rings. The number of carbonyl (C=O) groups excluding carboxylic acids is 1. The van der Waals surface area contributed by atoms with E-state index in [1.54, 1.807) is 0 Å². The largest absolute Gasteiger partial charge is 0.310 e. The number of carbonyl (C=O) groups is 1. The Morgan fingerprint density at radius 2 is 2.05 bits per heavy atom. The first-order valence-corrected chi connectivity index (χ1v) is 7.17. The van der Waals surface area contributed by atoms with Crippen LogP contribution in [-0.2, 0) is 12.8 Å². The van der Waals surface area contributed by atoms with Crippen molar-refractivity contribution in [2.45, 2.75) is 25.7 Å². The molecule has 2 rings (SSSR count). The number of nitrogens with zero attached hydrogens (tertiary/aromatic N) is 1. The third-order valence-corrected chi connectivity index (χ3v) is 3.66. The van der Waals surface area contributed by atoms with E-state index in [0.29, 0.717) is 6.54 Å². The van der Waals surface area contributed by atoms with Crippen LogP contribution in [0.15, 0.2) is 18.2 Å². The normalized spacial score (nSPS) is 13.8. The van der Waals surface area contributed by atoms with Crippen molar-refractivity contribution in [2.75, 3.05) is 33.7 Å². The van der Waals surface area contributed by atoms with Crippen molar-refractivity contribution in [3.63, 3.8) is 0 Å². The molecule has 1 aliphatic rings. The monoisotopic (exact) mass is 260 g/mol. The van der Waals surface area contributed by atoms with Crippen LogP contribution in [0.4, 0.5) is 0 Å². The van der Waals surface area contributed by atoms with Crippen LogP contribution >= 0.6 is 0 Å². The summed E-state index contributed by atoms with van der Waals surface area (Å²) in [5, 5.41) is 3.23. The number of hydrogen-bond acceptors (Lipinski definition) is 3. The fraction of sp³-hybridized carbons (Fsp3) is 0.562. The number of rotatable bonds is 7. The SMILES string of the molecule is CN(C)CCCNCC(=O)c1ccc2c(c1)CCC2. The molecule has 0 radical (unpaired) electrons. The molecular weight excluding hydrogens is 236 g/mol. The predicted molar refractivity (Wildman–Crippen MR) is 78.8 cm³/mol. The van der Waals surface area contributed by atoms with Crippen LogP contribution in [0.2, 0.25) is 0 Å². The minimum absolute atomic E-state index is 0.208. The standard InChI is InChI=1S/C16H24N2O/c1-18(2)10-4-9-17-12-16(19)15-8-7-13-5-3-6-14(13)11-15/h7-8,11,17H,3-6,9-10,12H2,1-2H3. The molecule has 0 amide bonds. The average Bonchev–Trinajstić information content (AvgIpc) is 2.84. The lowest BCUT2D eigenvalue weighted by molar-refractivity contribution is 0.0991. The number of benzene rings is 1. The number of aryl methyl sites for hydroxylation is 2. The Morgan fingerprint density at radius 1 is 1.26 bits per heavy atom. The van der Waals surface area contributed by atoms with Gasteiger partial charge in [0.1, 0.15) is 0 Å². The van der Waals surface area contributed by atoms with Gasteiger partial charge >= 0.3 is 0 Å². The maximum Gasteiger partial charge on any atom is 0.176 e. The zero-order valence-electron chi connectivity index (χ0n) is 12.0. The Morgan fingerprint density at radius 3 is 2.84 bits per heavy atom. The van der Waals surface area contributed by atoms with E-state index in [-0.39, 0.29) is 5.78 Å².